The first-order valence-electron chi connectivity index (χ1n) is 7.05. The number of morpholine rings is 1. The van der Waals surface area contributed by atoms with Crippen LogP contribution in [0.15, 0.2) is 12.3 Å². The number of imidazole rings is 1. The molecule has 2 aromatic rings. The van der Waals surface area contributed by atoms with Crippen molar-refractivity contribution in [1.29, 1.82) is 0 Å². The van der Waals surface area contributed by atoms with Gasteiger partial charge in [0.1, 0.15) is 11.6 Å². The molecule has 7 nitrogen and oxygen atoms in total. The third-order valence-corrected chi connectivity index (χ3v) is 3.88. The van der Waals surface area contributed by atoms with Crippen LogP contribution in [0.1, 0.15) is 18.5 Å². The van der Waals surface area contributed by atoms with Crippen molar-refractivity contribution in [2.45, 2.75) is 19.9 Å². The molecule has 0 radical (unpaired) electrons. The summed E-state index contributed by atoms with van der Waals surface area (Å²) in [5.74, 6) is 0.341. The Balaban J connectivity index is 1.97. The highest BCUT2D eigenvalue weighted by molar-refractivity contribution is 5.85. The van der Waals surface area contributed by atoms with Crippen molar-refractivity contribution in [3.63, 3.8) is 0 Å². The van der Waals surface area contributed by atoms with Gasteiger partial charge in [0.25, 0.3) is 0 Å². The maximum atomic E-state index is 12.6. The second-order valence-corrected chi connectivity index (χ2v) is 5.25. The molecular weight excluding hydrogens is 270 g/mol. The molecule has 21 heavy (non-hydrogen) atoms. The van der Waals surface area contributed by atoms with E-state index in [9.17, 15) is 4.79 Å². The number of hydrogen-bond donors (Lipinski definition) is 1. The van der Waals surface area contributed by atoms with Gasteiger partial charge in [-0.05, 0) is 25.5 Å². The van der Waals surface area contributed by atoms with Crippen LogP contribution in [-0.4, -0.2) is 51.6 Å². The molecule has 2 N–H and O–H groups in total. The monoisotopic (exact) mass is 289 g/mol. The molecule has 1 saturated heterocycles. The summed E-state index contributed by atoms with van der Waals surface area (Å²) in [7, 11) is 0. The third-order valence-electron chi connectivity index (χ3n) is 3.88. The normalized spacial score (nSPS) is 17.1. The van der Waals surface area contributed by atoms with Crippen LogP contribution in [0.25, 0.3) is 11.2 Å². The number of carbonyl (C=O) groups excluding carboxylic acids is 1. The topological polar surface area (TPSA) is 86.3 Å². The maximum Gasteiger partial charge on any atom is 0.245 e. The van der Waals surface area contributed by atoms with Gasteiger partial charge in [0.2, 0.25) is 11.9 Å². The lowest BCUT2D eigenvalue weighted by Crippen LogP contribution is -2.43. The molecule has 0 aromatic carbocycles. The van der Waals surface area contributed by atoms with Gasteiger partial charge >= 0.3 is 0 Å². The predicted molar refractivity (Wildman–Crippen MR) is 78.8 cm³/mol. The number of nitrogens with zero attached hydrogens (tertiary/aromatic N) is 4. The molecule has 7 heteroatoms. The zero-order chi connectivity index (χ0) is 15.0. The van der Waals surface area contributed by atoms with Gasteiger partial charge in [-0.2, -0.15) is 0 Å². The third kappa shape index (κ3) is 2.33. The Bertz CT molecular complexity index is 675. The molecule has 1 aliphatic rings. The molecule has 112 valence electrons. The Morgan fingerprint density at radius 2 is 2.14 bits per heavy atom. The molecule has 0 saturated carbocycles. The van der Waals surface area contributed by atoms with Crippen LogP contribution in [0.2, 0.25) is 0 Å². The van der Waals surface area contributed by atoms with Gasteiger partial charge in [0, 0.05) is 19.3 Å². The van der Waals surface area contributed by atoms with Crippen molar-refractivity contribution in [3.05, 3.63) is 17.8 Å². The molecule has 1 atom stereocenters. The number of fused-ring (bicyclic) bond motifs is 1. The van der Waals surface area contributed by atoms with Crippen LogP contribution in [0.5, 0.6) is 0 Å². The van der Waals surface area contributed by atoms with E-state index >= 15 is 0 Å². The van der Waals surface area contributed by atoms with Crippen LogP contribution >= 0.6 is 0 Å². The summed E-state index contributed by atoms with van der Waals surface area (Å²) >= 11 is 0. The lowest BCUT2D eigenvalue weighted by molar-refractivity contribution is -0.138. The number of nitrogens with two attached hydrogens (primary N) is 1. The van der Waals surface area contributed by atoms with E-state index in [1.165, 1.54) is 0 Å². The van der Waals surface area contributed by atoms with Crippen molar-refractivity contribution in [2.75, 3.05) is 32.0 Å². The Kier molecular flexibility index (Phi) is 3.50. The quantitative estimate of drug-likeness (QED) is 0.881. The molecule has 2 aromatic heterocycles. The first kappa shape index (κ1) is 13.8. The fourth-order valence-electron chi connectivity index (χ4n) is 2.67. The van der Waals surface area contributed by atoms with E-state index in [1.54, 1.807) is 15.7 Å². The van der Waals surface area contributed by atoms with E-state index in [4.69, 9.17) is 10.5 Å². The minimum Gasteiger partial charge on any atom is -0.378 e. The standard InChI is InChI=1S/C14H19N5O2/c1-9-3-4-16-12-11(9)17-14(15)19(12)10(2)13(20)18-5-7-21-8-6-18/h3-4,10H,5-8H2,1-2H3,(H2,15,17). The van der Waals surface area contributed by atoms with Crippen LogP contribution in [0.3, 0.4) is 0 Å². The molecule has 1 amide bonds. The number of ether oxygens (including phenoxy) is 1. The van der Waals surface area contributed by atoms with Crippen LogP contribution in [0, 0.1) is 6.92 Å². The molecule has 1 unspecified atom stereocenters. The Morgan fingerprint density at radius 3 is 2.86 bits per heavy atom. The van der Waals surface area contributed by atoms with Gasteiger partial charge in [0.15, 0.2) is 5.65 Å². The Morgan fingerprint density at radius 1 is 1.43 bits per heavy atom. The number of pyridine rings is 1. The molecule has 0 aliphatic carbocycles. The smallest absolute Gasteiger partial charge is 0.245 e. The molecule has 3 rings (SSSR count). The number of carbonyl (C=O) groups is 1. The molecular formula is C14H19N5O2. The first-order valence-corrected chi connectivity index (χ1v) is 7.05. The highest BCUT2D eigenvalue weighted by atomic mass is 16.5. The zero-order valence-electron chi connectivity index (χ0n) is 12.2. The largest absolute Gasteiger partial charge is 0.378 e. The zero-order valence-corrected chi connectivity index (χ0v) is 12.2. The number of anilines is 1. The SMILES string of the molecule is Cc1ccnc2c1nc(N)n2C(C)C(=O)N1CCOCC1. The van der Waals surface area contributed by atoms with E-state index in [0.717, 1.165) is 11.1 Å². The van der Waals surface area contributed by atoms with E-state index in [-0.39, 0.29) is 5.91 Å². The van der Waals surface area contributed by atoms with Crippen molar-refractivity contribution < 1.29 is 9.53 Å². The molecule has 0 spiro atoms. The van der Waals surface area contributed by atoms with Crippen molar-refractivity contribution in [1.82, 2.24) is 19.4 Å². The number of amides is 1. The lowest BCUT2D eigenvalue weighted by Gasteiger charge is -2.29. The van der Waals surface area contributed by atoms with Crippen molar-refractivity contribution in [3.8, 4) is 0 Å². The average molecular weight is 289 g/mol. The van der Waals surface area contributed by atoms with Gasteiger partial charge in [-0.1, -0.05) is 0 Å². The Hall–Kier alpha value is -2.15. The van der Waals surface area contributed by atoms with Crippen LogP contribution in [-0.2, 0) is 9.53 Å². The first-order chi connectivity index (χ1) is 10.1. The number of nitrogen functional groups attached to an aromatic ring is 1. The summed E-state index contributed by atoms with van der Waals surface area (Å²) in [4.78, 5) is 23.1. The minimum atomic E-state index is -0.428. The fraction of sp³-hybridized carbons (Fsp3) is 0.500. The summed E-state index contributed by atoms with van der Waals surface area (Å²) in [6.07, 6.45) is 1.71. The van der Waals surface area contributed by atoms with E-state index in [2.05, 4.69) is 9.97 Å². The van der Waals surface area contributed by atoms with Crippen molar-refractivity contribution >= 4 is 23.0 Å². The lowest BCUT2D eigenvalue weighted by atomic mass is 10.2. The number of aryl methyl sites for hydroxylation is 1. The second-order valence-electron chi connectivity index (χ2n) is 5.25. The van der Waals surface area contributed by atoms with Gasteiger partial charge in [-0.15, -0.1) is 0 Å². The van der Waals surface area contributed by atoms with Crippen LogP contribution in [0.4, 0.5) is 5.95 Å². The fourth-order valence-corrected chi connectivity index (χ4v) is 2.67. The minimum absolute atomic E-state index is 0.0209. The molecule has 1 aliphatic heterocycles. The summed E-state index contributed by atoms with van der Waals surface area (Å²) in [6.45, 7) is 6.17. The average Bonchev–Trinajstić information content (AvgIpc) is 2.84. The number of hydrogen-bond acceptors (Lipinski definition) is 5. The van der Waals surface area contributed by atoms with Gasteiger partial charge in [-0.25, -0.2) is 9.97 Å². The highest BCUT2D eigenvalue weighted by Crippen LogP contribution is 2.24. The summed E-state index contributed by atoms with van der Waals surface area (Å²) < 4.78 is 6.99. The molecule has 3 heterocycles. The second kappa shape index (κ2) is 5.33. The van der Waals surface area contributed by atoms with Crippen LogP contribution < -0.4 is 5.73 Å². The van der Waals surface area contributed by atoms with Crippen molar-refractivity contribution in [2.24, 2.45) is 0 Å². The molecule has 0 bridgehead atoms. The van der Waals surface area contributed by atoms with E-state index < -0.39 is 6.04 Å². The van der Waals surface area contributed by atoms with Gasteiger partial charge < -0.3 is 15.4 Å². The van der Waals surface area contributed by atoms with Gasteiger partial charge in [-0.3, -0.25) is 9.36 Å². The predicted octanol–water partition coefficient (Wildman–Crippen LogP) is 0.742. The summed E-state index contributed by atoms with van der Waals surface area (Å²) in [6, 6.07) is 1.45. The maximum absolute atomic E-state index is 12.6. The van der Waals surface area contributed by atoms with Gasteiger partial charge in [0.05, 0.1) is 13.2 Å². The number of rotatable bonds is 2. The Labute approximate surface area is 122 Å². The van der Waals surface area contributed by atoms with E-state index in [0.29, 0.717) is 37.9 Å². The highest BCUT2D eigenvalue weighted by Gasteiger charge is 2.27. The number of aromatic nitrogens is 3. The molecule has 1 fully saturated rings. The summed E-state index contributed by atoms with van der Waals surface area (Å²) in [5, 5.41) is 0. The van der Waals surface area contributed by atoms with E-state index in [1.807, 2.05) is 19.9 Å². The summed E-state index contributed by atoms with van der Waals surface area (Å²) in [5.41, 5.74) is 8.40.